The molecular formula is C12H10FN3O2S. The second-order valence-electron chi connectivity index (χ2n) is 3.57. The molecule has 0 amide bonds. The first-order valence-corrected chi connectivity index (χ1v) is 6.78. The van der Waals surface area contributed by atoms with Crippen molar-refractivity contribution in [2.45, 2.75) is 4.90 Å². The summed E-state index contributed by atoms with van der Waals surface area (Å²) in [5.41, 5.74) is 0.345. The number of nitrogens with one attached hydrogen (secondary N) is 1. The fraction of sp³-hybridized carbons (Fsp3) is 0. The summed E-state index contributed by atoms with van der Waals surface area (Å²) in [7, 11) is -3.69. The van der Waals surface area contributed by atoms with E-state index >= 15 is 0 Å². The molecule has 1 aromatic heterocycles. The van der Waals surface area contributed by atoms with Gasteiger partial charge in [0.15, 0.2) is 0 Å². The largest absolute Gasteiger partial charge is 0.276 e. The maximum Gasteiger partial charge on any atom is 0.276 e. The van der Waals surface area contributed by atoms with Crippen LogP contribution in [0.5, 0.6) is 0 Å². The van der Waals surface area contributed by atoms with Crippen LogP contribution < -0.4 is 4.83 Å². The van der Waals surface area contributed by atoms with E-state index in [0.717, 1.165) is 6.20 Å². The van der Waals surface area contributed by atoms with E-state index in [1.54, 1.807) is 18.2 Å². The summed E-state index contributed by atoms with van der Waals surface area (Å²) < 4.78 is 36.1. The number of hydrogen-bond donors (Lipinski definition) is 1. The molecule has 0 aliphatic carbocycles. The zero-order valence-corrected chi connectivity index (χ0v) is 10.5. The third-order valence-electron chi connectivity index (χ3n) is 2.17. The molecule has 98 valence electrons. The molecule has 19 heavy (non-hydrogen) atoms. The van der Waals surface area contributed by atoms with Crippen LogP contribution in [0.25, 0.3) is 0 Å². The van der Waals surface area contributed by atoms with Gasteiger partial charge in [-0.25, -0.2) is 9.22 Å². The van der Waals surface area contributed by atoms with E-state index in [1.807, 2.05) is 4.83 Å². The van der Waals surface area contributed by atoms with Crippen molar-refractivity contribution >= 4 is 16.2 Å². The van der Waals surface area contributed by atoms with Crippen molar-refractivity contribution in [3.8, 4) is 0 Å². The van der Waals surface area contributed by atoms with Crippen LogP contribution in [0.2, 0.25) is 0 Å². The van der Waals surface area contributed by atoms with Crippen LogP contribution in [0.3, 0.4) is 0 Å². The summed E-state index contributed by atoms with van der Waals surface area (Å²) in [6.45, 7) is 0. The Labute approximate surface area is 109 Å². The fourth-order valence-electron chi connectivity index (χ4n) is 1.28. The van der Waals surface area contributed by atoms with Crippen LogP contribution in [-0.4, -0.2) is 19.6 Å². The number of hydrazone groups is 1. The molecule has 0 saturated carbocycles. The first kappa shape index (κ1) is 13.2. The van der Waals surface area contributed by atoms with Gasteiger partial charge in [0.1, 0.15) is 5.82 Å². The first-order chi connectivity index (χ1) is 9.08. The molecule has 1 heterocycles. The molecular weight excluding hydrogens is 269 g/mol. The Hall–Kier alpha value is -2.28. The first-order valence-electron chi connectivity index (χ1n) is 5.29. The number of aromatic nitrogens is 1. The molecule has 2 aromatic rings. The molecule has 7 heteroatoms. The number of hydrogen-bond acceptors (Lipinski definition) is 4. The molecule has 5 nitrogen and oxygen atoms in total. The van der Waals surface area contributed by atoms with Gasteiger partial charge >= 0.3 is 0 Å². The van der Waals surface area contributed by atoms with Gasteiger partial charge in [-0.1, -0.05) is 18.2 Å². The van der Waals surface area contributed by atoms with Gasteiger partial charge in [-0.15, -0.1) is 0 Å². The van der Waals surface area contributed by atoms with Gasteiger partial charge < -0.3 is 0 Å². The van der Waals surface area contributed by atoms with Gasteiger partial charge in [-0.05, 0) is 24.3 Å². The lowest BCUT2D eigenvalue weighted by atomic mass is 10.4. The van der Waals surface area contributed by atoms with Gasteiger partial charge in [0.25, 0.3) is 10.0 Å². The second kappa shape index (κ2) is 5.57. The SMILES string of the molecule is O=S(=O)(N/N=C/c1ccc(F)cn1)c1ccccc1. The molecule has 0 fully saturated rings. The molecule has 0 bridgehead atoms. The zero-order valence-electron chi connectivity index (χ0n) is 9.69. The van der Waals surface area contributed by atoms with E-state index in [-0.39, 0.29) is 4.90 Å². The quantitative estimate of drug-likeness (QED) is 0.681. The molecule has 0 atom stereocenters. The topological polar surface area (TPSA) is 71.4 Å². The highest BCUT2D eigenvalue weighted by molar-refractivity contribution is 7.89. The number of halogens is 1. The average molecular weight is 279 g/mol. The maximum absolute atomic E-state index is 12.6. The summed E-state index contributed by atoms with van der Waals surface area (Å²) >= 11 is 0. The van der Waals surface area contributed by atoms with Crippen molar-refractivity contribution in [3.63, 3.8) is 0 Å². The Morgan fingerprint density at radius 1 is 1.16 bits per heavy atom. The van der Waals surface area contributed by atoms with Crippen LogP contribution in [0.1, 0.15) is 5.69 Å². The van der Waals surface area contributed by atoms with Gasteiger partial charge in [0.2, 0.25) is 0 Å². The second-order valence-corrected chi connectivity index (χ2v) is 5.23. The molecule has 0 aliphatic heterocycles. The molecule has 0 aliphatic rings. The van der Waals surface area contributed by atoms with Crippen molar-refractivity contribution in [2.75, 3.05) is 0 Å². The van der Waals surface area contributed by atoms with Gasteiger partial charge in [0.05, 0.1) is 23.0 Å². The number of rotatable bonds is 4. The Kier molecular flexibility index (Phi) is 3.86. The van der Waals surface area contributed by atoms with E-state index in [4.69, 9.17) is 0 Å². The van der Waals surface area contributed by atoms with Crippen LogP contribution in [0, 0.1) is 5.82 Å². The fourth-order valence-corrected chi connectivity index (χ4v) is 2.09. The predicted octanol–water partition coefficient (Wildman–Crippen LogP) is 1.53. The summed E-state index contributed by atoms with van der Waals surface area (Å²) in [6, 6.07) is 10.4. The number of sulfonamides is 1. The highest BCUT2D eigenvalue weighted by Crippen LogP contribution is 2.06. The summed E-state index contributed by atoms with van der Waals surface area (Å²) in [4.78, 5) is 5.87. The van der Waals surface area contributed by atoms with E-state index in [1.165, 1.54) is 30.5 Å². The van der Waals surface area contributed by atoms with Crippen molar-refractivity contribution < 1.29 is 12.8 Å². The van der Waals surface area contributed by atoms with Gasteiger partial charge in [-0.3, -0.25) is 4.98 Å². The Morgan fingerprint density at radius 2 is 1.89 bits per heavy atom. The molecule has 1 aromatic carbocycles. The van der Waals surface area contributed by atoms with E-state index in [2.05, 4.69) is 10.1 Å². The molecule has 0 radical (unpaired) electrons. The van der Waals surface area contributed by atoms with Crippen LogP contribution in [-0.2, 0) is 10.0 Å². The number of benzene rings is 1. The van der Waals surface area contributed by atoms with Crippen molar-refractivity contribution in [1.29, 1.82) is 0 Å². The standard InChI is InChI=1S/C12H10FN3O2S/c13-10-6-7-11(14-8-10)9-15-16-19(17,18)12-4-2-1-3-5-12/h1-9,16H/b15-9+. The van der Waals surface area contributed by atoms with Crippen LogP contribution in [0.15, 0.2) is 58.7 Å². The minimum absolute atomic E-state index is 0.110. The molecule has 0 spiro atoms. The minimum atomic E-state index is -3.69. The van der Waals surface area contributed by atoms with Crippen LogP contribution >= 0.6 is 0 Å². The highest BCUT2D eigenvalue weighted by atomic mass is 32.2. The van der Waals surface area contributed by atoms with Crippen molar-refractivity contribution in [3.05, 3.63) is 60.2 Å². The number of nitrogens with zero attached hydrogens (tertiary/aromatic N) is 2. The van der Waals surface area contributed by atoms with Gasteiger partial charge in [0, 0.05) is 0 Å². The lowest BCUT2D eigenvalue weighted by Crippen LogP contribution is -2.18. The normalized spacial score (nSPS) is 11.6. The Bertz CT molecular complexity index is 670. The van der Waals surface area contributed by atoms with E-state index in [0.29, 0.717) is 5.69 Å². The number of pyridine rings is 1. The third-order valence-corrected chi connectivity index (χ3v) is 3.41. The van der Waals surface area contributed by atoms with Crippen LogP contribution in [0.4, 0.5) is 4.39 Å². The maximum atomic E-state index is 12.6. The zero-order chi connectivity index (χ0) is 13.7. The smallest absolute Gasteiger partial charge is 0.252 e. The monoisotopic (exact) mass is 279 g/mol. The van der Waals surface area contributed by atoms with E-state index in [9.17, 15) is 12.8 Å². The molecule has 2 rings (SSSR count). The summed E-state index contributed by atoms with van der Waals surface area (Å²) in [5.74, 6) is -0.470. The lowest BCUT2D eigenvalue weighted by molar-refractivity contribution is 0.584. The summed E-state index contributed by atoms with van der Waals surface area (Å²) in [5, 5.41) is 3.57. The van der Waals surface area contributed by atoms with E-state index < -0.39 is 15.8 Å². The predicted molar refractivity (Wildman–Crippen MR) is 68.6 cm³/mol. The Morgan fingerprint density at radius 3 is 2.53 bits per heavy atom. The summed E-state index contributed by atoms with van der Waals surface area (Å²) in [6.07, 6.45) is 2.22. The molecule has 0 saturated heterocycles. The van der Waals surface area contributed by atoms with Crippen molar-refractivity contribution in [1.82, 2.24) is 9.82 Å². The average Bonchev–Trinajstić information content (AvgIpc) is 2.42. The molecule has 0 unspecified atom stereocenters. The highest BCUT2D eigenvalue weighted by Gasteiger charge is 2.10. The van der Waals surface area contributed by atoms with Crippen molar-refractivity contribution in [2.24, 2.45) is 5.10 Å². The van der Waals surface area contributed by atoms with Gasteiger partial charge in [-0.2, -0.15) is 13.5 Å². The minimum Gasteiger partial charge on any atom is -0.252 e. The molecule has 1 N–H and O–H groups in total. The Balaban J connectivity index is 2.08. The lowest BCUT2D eigenvalue weighted by Gasteiger charge is -2.02. The third kappa shape index (κ3) is 3.59.